The van der Waals surface area contributed by atoms with Gasteiger partial charge < -0.3 is 4.40 Å². The van der Waals surface area contributed by atoms with Crippen LogP contribution in [0.15, 0.2) is 24.4 Å². The highest BCUT2D eigenvalue weighted by molar-refractivity contribution is 6.34. The molecular weight excluding hydrogens is 208 g/mol. The third-order valence-corrected chi connectivity index (χ3v) is 3.09. The Balaban J connectivity index is 2.62. The van der Waals surface area contributed by atoms with E-state index in [0.29, 0.717) is 6.42 Å². The number of pyridine rings is 1. The van der Waals surface area contributed by atoms with Crippen molar-refractivity contribution in [2.45, 2.75) is 19.8 Å². The number of hydrogen-bond donors (Lipinski definition) is 0. The van der Waals surface area contributed by atoms with Crippen molar-refractivity contribution in [2.75, 3.05) is 0 Å². The molecule has 2 aromatic heterocycles. The SMILES string of the molecule is Cc1c(Cl)c2ccccn2c1CCC#N. The summed E-state index contributed by atoms with van der Waals surface area (Å²) in [4.78, 5) is 0. The maximum Gasteiger partial charge on any atom is 0.0693 e. The normalized spacial score (nSPS) is 10.5. The van der Waals surface area contributed by atoms with Crippen LogP contribution in [0.1, 0.15) is 17.7 Å². The Morgan fingerprint density at radius 1 is 1.47 bits per heavy atom. The molecule has 2 rings (SSSR count). The van der Waals surface area contributed by atoms with Crippen molar-refractivity contribution in [3.63, 3.8) is 0 Å². The average Bonchev–Trinajstić information content (AvgIpc) is 2.51. The summed E-state index contributed by atoms with van der Waals surface area (Å²) >= 11 is 6.22. The first kappa shape index (κ1) is 10.1. The van der Waals surface area contributed by atoms with Crippen LogP contribution in [-0.4, -0.2) is 4.40 Å². The summed E-state index contributed by atoms with van der Waals surface area (Å²) in [5.74, 6) is 0. The van der Waals surface area contributed by atoms with E-state index < -0.39 is 0 Å². The Morgan fingerprint density at radius 3 is 3.00 bits per heavy atom. The van der Waals surface area contributed by atoms with Gasteiger partial charge in [0, 0.05) is 24.7 Å². The molecule has 0 spiro atoms. The van der Waals surface area contributed by atoms with E-state index in [1.54, 1.807) is 0 Å². The summed E-state index contributed by atoms with van der Waals surface area (Å²) in [5.41, 5.74) is 3.24. The van der Waals surface area contributed by atoms with Gasteiger partial charge in [0.25, 0.3) is 0 Å². The fourth-order valence-corrected chi connectivity index (χ4v) is 2.10. The largest absolute Gasteiger partial charge is 0.319 e. The van der Waals surface area contributed by atoms with E-state index in [1.165, 1.54) is 0 Å². The zero-order valence-corrected chi connectivity index (χ0v) is 9.25. The first-order valence-corrected chi connectivity index (χ1v) is 5.24. The van der Waals surface area contributed by atoms with E-state index in [1.807, 2.05) is 31.3 Å². The second-order valence-electron chi connectivity index (χ2n) is 3.50. The van der Waals surface area contributed by atoms with Crippen LogP contribution in [0.4, 0.5) is 0 Å². The second-order valence-corrected chi connectivity index (χ2v) is 3.88. The van der Waals surface area contributed by atoms with Gasteiger partial charge in [-0.1, -0.05) is 17.7 Å². The van der Waals surface area contributed by atoms with Gasteiger partial charge in [-0.2, -0.15) is 5.26 Å². The zero-order valence-electron chi connectivity index (χ0n) is 8.50. The number of hydrogen-bond acceptors (Lipinski definition) is 1. The van der Waals surface area contributed by atoms with E-state index in [9.17, 15) is 0 Å². The topological polar surface area (TPSA) is 28.2 Å². The molecule has 2 aromatic rings. The van der Waals surface area contributed by atoms with E-state index in [-0.39, 0.29) is 0 Å². The minimum absolute atomic E-state index is 0.526. The van der Waals surface area contributed by atoms with Crippen molar-refractivity contribution in [1.29, 1.82) is 5.26 Å². The number of rotatable bonds is 2. The summed E-state index contributed by atoms with van der Waals surface area (Å²) in [6.45, 7) is 2.00. The number of aromatic nitrogens is 1. The smallest absolute Gasteiger partial charge is 0.0693 e. The molecule has 3 heteroatoms. The molecule has 2 nitrogen and oxygen atoms in total. The lowest BCUT2D eigenvalue weighted by molar-refractivity contribution is 0.916. The van der Waals surface area contributed by atoms with Gasteiger partial charge in [0.15, 0.2) is 0 Å². The lowest BCUT2D eigenvalue weighted by atomic mass is 10.2. The molecule has 0 aliphatic carbocycles. The Hall–Kier alpha value is -1.46. The molecule has 15 heavy (non-hydrogen) atoms. The molecular formula is C12H11ClN2. The molecule has 0 aromatic carbocycles. The standard InChI is InChI=1S/C12H11ClN2/c1-9-10(6-4-7-14)15-8-3-2-5-11(15)12(9)13/h2-3,5,8H,4,6H2,1H3. The second kappa shape index (κ2) is 3.96. The minimum atomic E-state index is 0.526. The van der Waals surface area contributed by atoms with Crippen LogP contribution >= 0.6 is 11.6 Å². The lowest BCUT2D eigenvalue weighted by Gasteiger charge is -2.00. The highest BCUT2D eigenvalue weighted by Crippen LogP contribution is 2.28. The first-order valence-electron chi connectivity index (χ1n) is 4.86. The summed E-state index contributed by atoms with van der Waals surface area (Å²) in [7, 11) is 0. The highest BCUT2D eigenvalue weighted by atomic mass is 35.5. The van der Waals surface area contributed by atoms with Crippen molar-refractivity contribution in [2.24, 2.45) is 0 Å². The summed E-state index contributed by atoms with van der Waals surface area (Å²) in [6, 6.07) is 8.09. The zero-order chi connectivity index (χ0) is 10.8. The van der Waals surface area contributed by atoms with Crippen molar-refractivity contribution in [3.8, 4) is 6.07 Å². The average molecular weight is 219 g/mol. The number of halogens is 1. The van der Waals surface area contributed by atoms with Crippen LogP contribution in [0.25, 0.3) is 5.52 Å². The quantitative estimate of drug-likeness (QED) is 0.760. The summed E-state index contributed by atoms with van der Waals surface area (Å²) in [6.07, 6.45) is 3.26. The molecule has 0 saturated heterocycles. The van der Waals surface area contributed by atoms with Crippen LogP contribution in [0, 0.1) is 18.3 Å². The Morgan fingerprint density at radius 2 is 2.27 bits per heavy atom. The Kier molecular flexibility index (Phi) is 2.66. The molecule has 0 atom stereocenters. The van der Waals surface area contributed by atoms with Gasteiger partial charge in [0.2, 0.25) is 0 Å². The predicted molar refractivity (Wildman–Crippen MR) is 61.1 cm³/mol. The Labute approximate surface area is 93.7 Å². The van der Waals surface area contributed by atoms with Crippen LogP contribution in [0.5, 0.6) is 0 Å². The van der Waals surface area contributed by atoms with Gasteiger partial charge in [-0.15, -0.1) is 0 Å². The van der Waals surface area contributed by atoms with Crippen molar-refractivity contribution in [3.05, 3.63) is 40.7 Å². The molecule has 0 bridgehead atoms. The molecule has 0 unspecified atom stereocenters. The van der Waals surface area contributed by atoms with Crippen LogP contribution in [0.3, 0.4) is 0 Å². The van der Waals surface area contributed by atoms with Gasteiger partial charge in [-0.05, 0) is 24.6 Å². The molecule has 0 saturated carbocycles. The van der Waals surface area contributed by atoms with E-state index in [2.05, 4.69) is 10.5 Å². The van der Waals surface area contributed by atoms with E-state index in [4.69, 9.17) is 16.9 Å². The summed E-state index contributed by atoms with van der Waals surface area (Å²) < 4.78 is 2.06. The number of nitrogens with zero attached hydrogens (tertiary/aromatic N) is 2. The van der Waals surface area contributed by atoms with Crippen molar-refractivity contribution >= 4 is 17.1 Å². The third kappa shape index (κ3) is 1.60. The molecule has 0 N–H and O–H groups in total. The van der Waals surface area contributed by atoms with Crippen LogP contribution in [0.2, 0.25) is 5.02 Å². The van der Waals surface area contributed by atoms with E-state index >= 15 is 0 Å². The van der Waals surface area contributed by atoms with Gasteiger partial charge in [-0.3, -0.25) is 0 Å². The summed E-state index contributed by atoms with van der Waals surface area (Å²) in [5, 5.41) is 9.40. The molecule has 76 valence electrons. The minimum Gasteiger partial charge on any atom is -0.319 e. The fraction of sp³-hybridized carbons (Fsp3) is 0.250. The number of fused-ring (bicyclic) bond motifs is 1. The van der Waals surface area contributed by atoms with Gasteiger partial charge in [0.1, 0.15) is 0 Å². The molecule has 0 amide bonds. The molecule has 0 fully saturated rings. The first-order chi connectivity index (χ1) is 7.25. The number of nitriles is 1. The fourth-order valence-electron chi connectivity index (χ4n) is 1.84. The van der Waals surface area contributed by atoms with Gasteiger partial charge in [0.05, 0.1) is 16.6 Å². The maximum absolute atomic E-state index is 8.61. The monoisotopic (exact) mass is 218 g/mol. The van der Waals surface area contributed by atoms with Crippen molar-refractivity contribution < 1.29 is 0 Å². The van der Waals surface area contributed by atoms with Crippen LogP contribution < -0.4 is 0 Å². The highest BCUT2D eigenvalue weighted by Gasteiger charge is 2.11. The third-order valence-electron chi connectivity index (χ3n) is 2.61. The van der Waals surface area contributed by atoms with Crippen LogP contribution in [-0.2, 0) is 6.42 Å². The van der Waals surface area contributed by atoms with E-state index in [0.717, 1.165) is 28.2 Å². The van der Waals surface area contributed by atoms with Gasteiger partial charge in [-0.25, -0.2) is 0 Å². The molecule has 0 radical (unpaired) electrons. The number of aryl methyl sites for hydroxylation is 1. The Bertz CT molecular complexity index is 534. The van der Waals surface area contributed by atoms with Gasteiger partial charge >= 0.3 is 0 Å². The molecule has 0 aliphatic rings. The lowest BCUT2D eigenvalue weighted by Crippen LogP contribution is -1.93. The van der Waals surface area contributed by atoms with Crippen molar-refractivity contribution in [1.82, 2.24) is 4.40 Å². The molecule has 2 heterocycles. The maximum atomic E-state index is 8.61. The predicted octanol–water partition coefficient (Wildman–Crippen LogP) is 3.36. The molecule has 0 aliphatic heterocycles.